The molecule has 1 nitrogen and oxygen atoms in total. The van der Waals surface area contributed by atoms with Crippen molar-refractivity contribution in [2.24, 2.45) is 5.92 Å². The molecule has 1 unspecified atom stereocenters. The molecule has 21 heavy (non-hydrogen) atoms. The van der Waals surface area contributed by atoms with E-state index in [1.165, 1.54) is 32.1 Å². The Morgan fingerprint density at radius 1 is 1.00 bits per heavy atom. The van der Waals surface area contributed by atoms with Crippen LogP contribution in [0.2, 0.25) is 5.02 Å². The average Bonchev–Trinajstić information content (AvgIpc) is 2.54. The van der Waals surface area contributed by atoms with Crippen LogP contribution in [0.15, 0.2) is 36.4 Å². The molecule has 1 aliphatic carbocycles. The Balaban J connectivity index is 1.75. The predicted octanol–water partition coefficient (Wildman–Crippen LogP) is 5.89. The second-order valence-corrected chi connectivity index (χ2v) is 6.69. The molecule has 2 aromatic rings. The van der Waals surface area contributed by atoms with Crippen molar-refractivity contribution >= 4 is 22.4 Å². The molecule has 0 aliphatic heterocycles. The highest BCUT2D eigenvalue weighted by molar-refractivity contribution is 6.35. The van der Waals surface area contributed by atoms with Gasteiger partial charge in [-0.25, -0.2) is 0 Å². The Morgan fingerprint density at radius 2 is 1.71 bits per heavy atom. The van der Waals surface area contributed by atoms with E-state index in [9.17, 15) is 5.11 Å². The third-order valence-corrected chi connectivity index (χ3v) is 5.17. The van der Waals surface area contributed by atoms with Crippen LogP contribution in [0.3, 0.4) is 0 Å². The molecule has 0 amide bonds. The fourth-order valence-corrected chi connectivity index (χ4v) is 3.83. The molecule has 1 N–H and O–H groups in total. The van der Waals surface area contributed by atoms with Gasteiger partial charge in [0.1, 0.15) is 0 Å². The van der Waals surface area contributed by atoms with Crippen LogP contribution in [0.5, 0.6) is 0 Å². The van der Waals surface area contributed by atoms with Gasteiger partial charge in [-0.15, -0.1) is 0 Å². The molecular formula is C19H23ClO. The molecule has 3 rings (SSSR count). The van der Waals surface area contributed by atoms with Crippen LogP contribution in [0, 0.1) is 5.92 Å². The maximum Gasteiger partial charge on any atom is 0.0796 e. The highest BCUT2D eigenvalue weighted by Crippen LogP contribution is 2.34. The number of fused-ring (bicyclic) bond motifs is 1. The maximum atomic E-state index is 10.6. The SMILES string of the molecule is OC(CCC1CCCCC1)c1ccc(Cl)c2ccccc12. The van der Waals surface area contributed by atoms with E-state index >= 15 is 0 Å². The minimum atomic E-state index is -0.380. The van der Waals surface area contributed by atoms with Gasteiger partial charge in [0.25, 0.3) is 0 Å². The first-order valence-electron chi connectivity index (χ1n) is 8.11. The molecule has 0 radical (unpaired) electrons. The van der Waals surface area contributed by atoms with E-state index in [0.29, 0.717) is 0 Å². The maximum absolute atomic E-state index is 10.6. The second kappa shape index (κ2) is 6.81. The van der Waals surface area contributed by atoms with Gasteiger partial charge in [-0.05, 0) is 35.8 Å². The zero-order chi connectivity index (χ0) is 14.7. The largest absolute Gasteiger partial charge is 0.388 e. The summed E-state index contributed by atoms with van der Waals surface area (Å²) in [6.45, 7) is 0. The monoisotopic (exact) mass is 302 g/mol. The molecule has 2 aromatic carbocycles. The van der Waals surface area contributed by atoms with Crippen LogP contribution in [-0.2, 0) is 0 Å². The summed E-state index contributed by atoms with van der Waals surface area (Å²) >= 11 is 6.25. The van der Waals surface area contributed by atoms with Crippen LogP contribution in [0.1, 0.15) is 56.6 Å². The summed E-state index contributed by atoms with van der Waals surface area (Å²) in [6.07, 6.45) is 8.42. The standard InChI is InChI=1S/C19H23ClO/c20-18-12-11-17(15-8-4-5-9-16(15)18)19(21)13-10-14-6-2-1-3-7-14/h4-5,8-9,11-12,14,19,21H,1-3,6-7,10,13H2. The molecule has 1 fully saturated rings. The summed E-state index contributed by atoms with van der Waals surface area (Å²) in [4.78, 5) is 0. The highest BCUT2D eigenvalue weighted by atomic mass is 35.5. The Kier molecular flexibility index (Phi) is 4.82. The van der Waals surface area contributed by atoms with Crippen molar-refractivity contribution in [2.45, 2.75) is 51.0 Å². The lowest BCUT2D eigenvalue weighted by atomic mass is 9.84. The molecular weight excluding hydrogens is 280 g/mol. The van der Waals surface area contributed by atoms with Gasteiger partial charge < -0.3 is 5.11 Å². The summed E-state index contributed by atoms with van der Waals surface area (Å²) < 4.78 is 0. The van der Waals surface area contributed by atoms with Crippen molar-refractivity contribution in [1.82, 2.24) is 0 Å². The lowest BCUT2D eigenvalue weighted by Gasteiger charge is -2.23. The van der Waals surface area contributed by atoms with E-state index in [1.54, 1.807) is 0 Å². The van der Waals surface area contributed by atoms with Crippen molar-refractivity contribution in [3.63, 3.8) is 0 Å². The van der Waals surface area contributed by atoms with E-state index in [2.05, 4.69) is 6.07 Å². The van der Waals surface area contributed by atoms with E-state index in [4.69, 9.17) is 11.6 Å². The van der Waals surface area contributed by atoms with Crippen molar-refractivity contribution < 1.29 is 5.11 Å². The Labute approximate surface area is 131 Å². The lowest BCUT2D eigenvalue weighted by molar-refractivity contribution is 0.152. The van der Waals surface area contributed by atoms with E-state index in [-0.39, 0.29) is 6.10 Å². The zero-order valence-corrected chi connectivity index (χ0v) is 13.1. The van der Waals surface area contributed by atoms with Crippen LogP contribution < -0.4 is 0 Å². The Hall–Kier alpha value is -1.05. The topological polar surface area (TPSA) is 20.2 Å². The summed E-state index contributed by atoms with van der Waals surface area (Å²) in [5.74, 6) is 0.812. The second-order valence-electron chi connectivity index (χ2n) is 6.28. The fraction of sp³-hybridized carbons (Fsp3) is 0.474. The van der Waals surface area contributed by atoms with Crippen molar-refractivity contribution in [3.05, 3.63) is 47.0 Å². The van der Waals surface area contributed by atoms with Gasteiger partial charge in [-0.2, -0.15) is 0 Å². The van der Waals surface area contributed by atoms with Gasteiger partial charge in [0.2, 0.25) is 0 Å². The van der Waals surface area contributed by atoms with Crippen LogP contribution in [0.4, 0.5) is 0 Å². The van der Waals surface area contributed by atoms with Crippen LogP contribution in [-0.4, -0.2) is 5.11 Å². The number of halogens is 1. The van der Waals surface area contributed by atoms with Gasteiger partial charge in [0.05, 0.1) is 6.10 Å². The van der Waals surface area contributed by atoms with Gasteiger partial charge in [-0.3, -0.25) is 0 Å². The first-order chi connectivity index (χ1) is 10.3. The Morgan fingerprint density at radius 3 is 2.48 bits per heavy atom. The van der Waals surface area contributed by atoms with Crippen molar-refractivity contribution in [2.75, 3.05) is 0 Å². The quantitative estimate of drug-likeness (QED) is 0.747. The predicted molar refractivity (Wildman–Crippen MR) is 89.7 cm³/mol. The lowest BCUT2D eigenvalue weighted by Crippen LogP contribution is -2.08. The number of benzene rings is 2. The number of rotatable bonds is 4. The summed E-state index contributed by atoms with van der Waals surface area (Å²) in [5.41, 5.74) is 1.02. The fourth-order valence-electron chi connectivity index (χ4n) is 3.60. The number of aliphatic hydroxyl groups is 1. The highest BCUT2D eigenvalue weighted by Gasteiger charge is 2.17. The van der Waals surface area contributed by atoms with E-state index in [1.807, 2.05) is 30.3 Å². The molecule has 1 saturated carbocycles. The molecule has 2 heteroatoms. The normalized spacial score (nSPS) is 18.0. The zero-order valence-electron chi connectivity index (χ0n) is 12.4. The molecule has 0 aromatic heterocycles. The minimum Gasteiger partial charge on any atom is -0.388 e. The van der Waals surface area contributed by atoms with Gasteiger partial charge in [0.15, 0.2) is 0 Å². The van der Waals surface area contributed by atoms with Crippen molar-refractivity contribution in [1.29, 1.82) is 0 Å². The first-order valence-corrected chi connectivity index (χ1v) is 8.48. The van der Waals surface area contributed by atoms with E-state index < -0.39 is 0 Å². The molecule has 0 bridgehead atoms. The molecule has 0 heterocycles. The van der Waals surface area contributed by atoms with Gasteiger partial charge in [0, 0.05) is 10.4 Å². The Bertz CT molecular complexity index is 602. The molecule has 0 spiro atoms. The number of hydrogen-bond donors (Lipinski definition) is 1. The average molecular weight is 303 g/mol. The molecule has 112 valence electrons. The van der Waals surface area contributed by atoms with Gasteiger partial charge >= 0.3 is 0 Å². The summed E-state index contributed by atoms with van der Waals surface area (Å²) in [7, 11) is 0. The van der Waals surface area contributed by atoms with Crippen LogP contribution in [0.25, 0.3) is 10.8 Å². The number of hydrogen-bond acceptors (Lipinski definition) is 1. The third kappa shape index (κ3) is 3.41. The minimum absolute atomic E-state index is 0.380. The summed E-state index contributed by atoms with van der Waals surface area (Å²) in [6, 6.07) is 12.0. The molecule has 0 saturated heterocycles. The molecule has 1 atom stereocenters. The van der Waals surface area contributed by atoms with Crippen molar-refractivity contribution in [3.8, 4) is 0 Å². The third-order valence-electron chi connectivity index (χ3n) is 4.84. The smallest absolute Gasteiger partial charge is 0.0796 e. The van der Waals surface area contributed by atoms with Gasteiger partial charge in [-0.1, -0.05) is 74.0 Å². The van der Waals surface area contributed by atoms with E-state index in [0.717, 1.165) is 40.1 Å². The number of aliphatic hydroxyl groups excluding tert-OH is 1. The first kappa shape index (κ1) is 14.9. The van der Waals surface area contributed by atoms with Crippen LogP contribution >= 0.6 is 11.6 Å². The summed E-state index contributed by atoms with van der Waals surface area (Å²) in [5, 5.41) is 13.5. The molecule has 1 aliphatic rings.